The van der Waals surface area contributed by atoms with E-state index in [1.165, 1.54) is 7.11 Å². The lowest BCUT2D eigenvalue weighted by atomic mass is 10.3. The summed E-state index contributed by atoms with van der Waals surface area (Å²) in [6.45, 7) is -0.127. The third-order valence-electron chi connectivity index (χ3n) is 1.49. The van der Waals surface area contributed by atoms with Gasteiger partial charge in [-0.15, -0.1) is 0 Å². The summed E-state index contributed by atoms with van der Waals surface area (Å²) < 4.78 is 21.7. The first kappa shape index (κ1) is 11.3. The molecular weight excluding hydrogens is 205 g/mol. The molecule has 0 radical (unpaired) electrons. The van der Waals surface area contributed by atoms with Crippen LogP contribution in [0.1, 0.15) is 0 Å². The van der Waals surface area contributed by atoms with E-state index in [-0.39, 0.29) is 12.6 Å². The number of hydrogen-bond donors (Lipinski definition) is 1. The highest BCUT2D eigenvalue weighted by Gasteiger charge is 2.14. The average molecular weight is 215 g/mol. The summed E-state index contributed by atoms with van der Waals surface area (Å²) in [6.07, 6.45) is 1.90. The number of halogens is 1. The number of hydrogen-bond acceptors (Lipinski definition) is 6. The lowest BCUT2D eigenvalue weighted by molar-refractivity contribution is -0.142. The first-order valence-corrected chi connectivity index (χ1v) is 4.07. The van der Waals surface area contributed by atoms with Crippen LogP contribution in [0.4, 0.5) is 4.39 Å². The van der Waals surface area contributed by atoms with Gasteiger partial charge in [0.1, 0.15) is 12.6 Å². The van der Waals surface area contributed by atoms with Crippen LogP contribution in [0.25, 0.3) is 0 Å². The summed E-state index contributed by atoms with van der Waals surface area (Å²) in [7, 11) is 1.22. The molecule has 0 aliphatic carbocycles. The van der Waals surface area contributed by atoms with Gasteiger partial charge < -0.3 is 15.2 Å². The first-order chi connectivity index (χ1) is 7.13. The smallest absolute Gasteiger partial charge is 0.326 e. The zero-order valence-corrected chi connectivity index (χ0v) is 8.01. The van der Waals surface area contributed by atoms with Gasteiger partial charge in [0.2, 0.25) is 0 Å². The number of ether oxygens (including phenoxy) is 2. The molecule has 0 spiro atoms. The van der Waals surface area contributed by atoms with Crippen molar-refractivity contribution < 1.29 is 18.7 Å². The number of nitrogens with zero attached hydrogens (tertiary/aromatic N) is 2. The number of carbonyl (C=O) groups is 1. The molecule has 0 bridgehead atoms. The van der Waals surface area contributed by atoms with Crippen LogP contribution in [0.2, 0.25) is 0 Å². The van der Waals surface area contributed by atoms with E-state index in [0.29, 0.717) is 0 Å². The van der Waals surface area contributed by atoms with Gasteiger partial charge in [0.05, 0.1) is 19.5 Å². The highest BCUT2D eigenvalue weighted by molar-refractivity contribution is 5.75. The Kier molecular flexibility index (Phi) is 3.92. The van der Waals surface area contributed by atoms with Gasteiger partial charge in [0.15, 0.2) is 5.82 Å². The van der Waals surface area contributed by atoms with Crippen LogP contribution >= 0.6 is 0 Å². The van der Waals surface area contributed by atoms with Crippen molar-refractivity contribution in [3.63, 3.8) is 0 Å². The predicted molar refractivity (Wildman–Crippen MR) is 47.5 cm³/mol. The SMILES string of the molecule is COC(=O)C(N)COc1ncc(F)cn1. The molecule has 1 rings (SSSR count). The van der Waals surface area contributed by atoms with Crippen LogP contribution in [0, 0.1) is 5.82 Å². The molecule has 0 aliphatic heterocycles. The number of methoxy groups -OCH3 is 1. The maximum atomic E-state index is 12.4. The van der Waals surface area contributed by atoms with E-state index >= 15 is 0 Å². The first-order valence-electron chi connectivity index (χ1n) is 4.07. The average Bonchev–Trinajstić information content (AvgIpc) is 2.26. The molecule has 1 unspecified atom stereocenters. The van der Waals surface area contributed by atoms with Crippen molar-refractivity contribution in [3.8, 4) is 6.01 Å². The molecule has 0 amide bonds. The van der Waals surface area contributed by atoms with E-state index in [4.69, 9.17) is 10.5 Å². The van der Waals surface area contributed by atoms with Crippen LogP contribution in [0.15, 0.2) is 12.4 Å². The zero-order chi connectivity index (χ0) is 11.3. The maximum absolute atomic E-state index is 12.4. The summed E-state index contributed by atoms with van der Waals surface area (Å²) >= 11 is 0. The minimum Gasteiger partial charge on any atom is -0.468 e. The van der Waals surface area contributed by atoms with E-state index < -0.39 is 17.8 Å². The summed E-state index contributed by atoms with van der Waals surface area (Å²) in [5, 5.41) is 0. The quantitative estimate of drug-likeness (QED) is 0.681. The molecule has 1 atom stereocenters. The van der Waals surface area contributed by atoms with Crippen molar-refractivity contribution in [1.29, 1.82) is 0 Å². The van der Waals surface area contributed by atoms with Crippen LogP contribution in [-0.2, 0) is 9.53 Å². The van der Waals surface area contributed by atoms with Crippen LogP contribution in [0.3, 0.4) is 0 Å². The highest BCUT2D eigenvalue weighted by atomic mass is 19.1. The maximum Gasteiger partial charge on any atom is 0.326 e. The zero-order valence-electron chi connectivity index (χ0n) is 8.01. The van der Waals surface area contributed by atoms with Crippen molar-refractivity contribution >= 4 is 5.97 Å². The van der Waals surface area contributed by atoms with Crippen LogP contribution < -0.4 is 10.5 Å². The summed E-state index contributed by atoms with van der Waals surface area (Å²) in [5.41, 5.74) is 5.38. The van der Waals surface area contributed by atoms with Gasteiger partial charge in [0.25, 0.3) is 0 Å². The van der Waals surface area contributed by atoms with Crippen molar-refractivity contribution in [2.24, 2.45) is 5.73 Å². The van der Waals surface area contributed by atoms with E-state index in [1.54, 1.807) is 0 Å². The normalized spacial score (nSPS) is 11.9. The van der Waals surface area contributed by atoms with Crippen molar-refractivity contribution in [2.45, 2.75) is 6.04 Å². The summed E-state index contributed by atoms with van der Waals surface area (Å²) in [4.78, 5) is 17.9. The van der Waals surface area contributed by atoms with E-state index in [0.717, 1.165) is 12.4 Å². The molecule has 15 heavy (non-hydrogen) atoms. The topological polar surface area (TPSA) is 87.3 Å². The second-order valence-corrected chi connectivity index (χ2v) is 2.62. The van der Waals surface area contributed by atoms with E-state index in [1.807, 2.05) is 0 Å². The second kappa shape index (κ2) is 5.20. The molecule has 82 valence electrons. The standard InChI is InChI=1S/C8H10FN3O3/c1-14-7(13)6(10)4-15-8-11-2-5(9)3-12-8/h2-3,6H,4,10H2,1H3. The lowest BCUT2D eigenvalue weighted by Gasteiger charge is -2.09. The number of esters is 1. The molecule has 0 aliphatic rings. The van der Waals surface area contributed by atoms with E-state index in [9.17, 15) is 9.18 Å². The fourth-order valence-electron chi connectivity index (χ4n) is 0.759. The van der Waals surface area contributed by atoms with Crippen molar-refractivity contribution in [2.75, 3.05) is 13.7 Å². The number of rotatable bonds is 4. The minimum absolute atomic E-state index is 0.0456. The predicted octanol–water partition coefficient (Wildman–Crippen LogP) is -0.505. The Balaban J connectivity index is 2.43. The van der Waals surface area contributed by atoms with Gasteiger partial charge in [-0.3, -0.25) is 4.79 Å². The van der Waals surface area contributed by atoms with Crippen molar-refractivity contribution in [1.82, 2.24) is 9.97 Å². The van der Waals surface area contributed by atoms with Gasteiger partial charge >= 0.3 is 12.0 Å². The van der Waals surface area contributed by atoms with Gasteiger partial charge in [0, 0.05) is 0 Å². The Morgan fingerprint density at radius 1 is 1.60 bits per heavy atom. The summed E-state index contributed by atoms with van der Waals surface area (Å²) in [5.74, 6) is -1.17. The molecule has 1 aromatic heterocycles. The number of aromatic nitrogens is 2. The fraction of sp³-hybridized carbons (Fsp3) is 0.375. The molecule has 6 nitrogen and oxygen atoms in total. The van der Waals surface area contributed by atoms with Crippen LogP contribution in [0.5, 0.6) is 6.01 Å². The number of carbonyl (C=O) groups excluding carboxylic acids is 1. The number of nitrogens with two attached hydrogens (primary N) is 1. The Hall–Kier alpha value is -1.76. The van der Waals surface area contributed by atoms with E-state index in [2.05, 4.69) is 14.7 Å². The van der Waals surface area contributed by atoms with Gasteiger partial charge in [-0.25, -0.2) is 14.4 Å². The highest BCUT2D eigenvalue weighted by Crippen LogP contribution is 2.01. The third-order valence-corrected chi connectivity index (χ3v) is 1.49. The Morgan fingerprint density at radius 3 is 2.73 bits per heavy atom. The molecule has 2 N–H and O–H groups in total. The second-order valence-electron chi connectivity index (χ2n) is 2.62. The van der Waals surface area contributed by atoms with Crippen molar-refractivity contribution in [3.05, 3.63) is 18.2 Å². The molecule has 0 saturated heterocycles. The molecule has 0 fully saturated rings. The van der Waals surface area contributed by atoms with Gasteiger partial charge in [-0.05, 0) is 0 Å². The Labute approximate surface area is 85.2 Å². The Morgan fingerprint density at radius 2 is 2.20 bits per heavy atom. The van der Waals surface area contributed by atoms with Gasteiger partial charge in [-0.2, -0.15) is 0 Å². The largest absolute Gasteiger partial charge is 0.468 e. The molecule has 7 heteroatoms. The molecule has 0 saturated carbocycles. The molecule has 1 aromatic rings. The Bertz CT molecular complexity index is 330. The summed E-state index contributed by atoms with van der Waals surface area (Å²) in [6, 6.07) is -0.959. The molecule has 0 aromatic carbocycles. The lowest BCUT2D eigenvalue weighted by Crippen LogP contribution is -2.37. The fourth-order valence-corrected chi connectivity index (χ4v) is 0.759. The third kappa shape index (κ3) is 3.47. The van der Waals surface area contributed by atoms with Gasteiger partial charge in [-0.1, -0.05) is 0 Å². The van der Waals surface area contributed by atoms with Crippen LogP contribution in [-0.4, -0.2) is 35.7 Å². The molecular formula is C8H10FN3O3. The monoisotopic (exact) mass is 215 g/mol. The molecule has 1 heterocycles. The minimum atomic E-state index is -0.913.